The van der Waals surface area contributed by atoms with E-state index in [-0.39, 0.29) is 24.5 Å². The summed E-state index contributed by atoms with van der Waals surface area (Å²) in [6, 6.07) is 7.14. The van der Waals surface area contributed by atoms with Crippen molar-refractivity contribution in [3.05, 3.63) is 24.3 Å². The van der Waals surface area contributed by atoms with E-state index in [0.29, 0.717) is 5.75 Å². The van der Waals surface area contributed by atoms with Gasteiger partial charge in [-0.15, -0.1) is 0 Å². The zero-order valence-corrected chi connectivity index (χ0v) is 10.7. The fourth-order valence-corrected chi connectivity index (χ4v) is 2.10. The highest BCUT2D eigenvalue weighted by atomic mass is 32.2. The van der Waals surface area contributed by atoms with Gasteiger partial charge in [0.05, 0.1) is 30.5 Å². The minimum Gasteiger partial charge on any atom is -0.493 e. The van der Waals surface area contributed by atoms with Crippen molar-refractivity contribution in [2.75, 3.05) is 13.2 Å². The Morgan fingerprint density at radius 3 is 2.53 bits per heavy atom. The van der Waals surface area contributed by atoms with Gasteiger partial charge in [0.2, 0.25) is 10.0 Å². The van der Waals surface area contributed by atoms with E-state index >= 15 is 0 Å². The highest BCUT2D eigenvalue weighted by molar-refractivity contribution is 7.89. The Hall–Kier alpha value is -2.11. The number of hydrogen-bond donors (Lipinski definition) is 2. The van der Waals surface area contributed by atoms with Gasteiger partial charge in [-0.1, -0.05) is 0 Å². The molecule has 102 valence electrons. The van der Waals surface area contributed by atoms with Gasteiger partial charge in [0.1, 0.15) is 5.75 Å². The van der Waals surface area contributed by atoms with Crippen LogP contribution in [-0.2, 0) is 14.8 Å². The lowest BCUT2D eigenvalue weighted by Crippen LogP contribution is -2.23. The molecule has 0 aromatic heterocycles. The number of carboxylic acids is 1. The first-order valence-corrected chi connectivity index (χ1v) is 6.75. The molecule has 0 bridgehead atoms. The van der Waals surface area contributed by atoms with E-state index in [1.165, 1.54) is 24.3 Å². The average Bonchev–Trinajstić information content (AvgIpc) is 2.37. The number of nitrogens with one attached hydrogen (secondary N) is 1. The van der Waals surface area contributed by atoms with Crippen molar-refractivity contribution in [3.63, 3.8) is 0 Å². The molecule has 19 heavy (non-hydrogen) atoms. The highest BCUT2D eigenvalue weighted by Crippen LogP contribution is 2.15. The number of carboxylic acid groups (broad SMARTS) is 1. The SMILES string of the molecule is N#CCNS(=O)(=O)c1ccc(OCCC(=O)O)cc1. The van der Waals surface area contributed by atoms with E-state index in [9.17, 15) is 13.2 Å². The average molecular weight is 284 g/mol. The molecule has 7 nitrogen and oxygen atoms in total. The van der Waals surface area contributed by atoms with Crippen LogP contribution in [-0.4, -0.2) is 32.6 Å². The maximum absolute atomic E-state index is 11.6. The number of ether oxygens (including phenoxy) is 1. The van der Waals surface area contributed by atoms with Crippen molar-refractivity contribution < 1.29 is 23.1 Å². The van der Waals surface area contributed by atoms with Crippen LogP contribution in [0.5, 0.6) is 5.75 Å². The van der Waals surface area contributed by atoms with E-state index in [0.717, 1.165) is 0 Å². The summed E-state index contributed by atoms with van der Waals surface area (Å²) in [7, 11) is -3.70. The van der Waals surface area contributed by atoms with Crippen LogP contribution in [0.1, 0.15) is 6.42 Å². The number of nitriles is 1. The molecule has 0 unspecified atom stereocenters. The topological polar surface area (TPSA) is 116 Å². The molecule has 0 amide bonds. The minimum atomic E-state index is -3.70. The predicted octanol–water partition coefficient (Wildman–Crippen LogP) is 0.342. The second-order valence-corrected chi connectivity index (χ2v) is 5.21. The molecule has 0 radical (unpaired) electrons. The lowest BCUT2D eigenvalue weighted by atomic mass is 10.3. The first kappa shape index (κ1) is 14.9. The summed E-state index contributed by atoms with van der Waals surface area (Å²) in [5, 5.41) is 16.7. The maximum atomic E-state index is 11.6. The second-order valence-electron chi connectivity index (χ2n) is 3.45. The first-order chi connectivity index (χ1) is 8.95. The van der Waals surface area contributed by atoms with Gasteiger partial charge in [0.25, 0.3) is 0 Å². The number of sulfonamides is 1. The molecule has 0 atom stereocenters. The van der Waals surface area contributed by atoms with Crippen LogP contribution in [0.2, 0.25) is 0 Å². The lowest BCUT2D eigenvalue weighted by molar-refractivity contribution is -0.137. The van der Waals surface area contributed by atoms with Crippen molar-refractivity contribution in [1.82, 2.24) is 4.72 Å². The van der Waals surface area contributed by atoms with Gasteiger partial charge in [0, 0.05) is 0 Å². The molecule has 2 N–H and O–H groups in total. The molecule has 0 aliphatic carbocycles. The summed E-state index contributed by atoms with van der Waals surface area (Å²) in [6.45, 7) is -0.298. The fraction of sp³-hybridized carbons (Fsp3) is 0.273. The molecular weight excluding hydrogens is 272 g/mol. The van der Waals surface area contributed by atoms with Crippen LogP contribution < -0.4 is 9.46 Å². The number of hydrogen-bond acceptors (Lipinski definition) is 5. The van der Waals surface area contributed by atoms with Gasteiger partial charge in [0.15, 0.2) is 0 Å². The highest BCUT2D eigenvalue weighted by Gasteiger charge is 2.12. The van der Waals surface area contributed by atoms with Crippen LogP contribution in [0.3, 0.4) is 0 Å². The Morgan fingerprint density at radius 2 is 2.00 bits per heavy atom. The molecule has 0 saturated heterocycles. The zero-order valence-electron chi connectivity index (χ0n) is 9.87. The van der Waals surface area contributed by atoms with E-state index in [2.05, 4.69) is 4.72 Å². The van der Waals surface area contributed by atoms with Gasteiger partial charge in [-0.05, 0) is 24.3 Å². The molecule has 0 spiro atoms. The Kier molecular flexibility index (Phi) is 5.29. The third-order valence-electron chi connectivity index (χ3n) is 2.06. The number of aliphatic carboxylic acids is 1. The second kappa shape index (κ2) is 6.72. The monoisotopic (exact) mass is 284 g/mol. The molecule has 0 aliphatic heterocycles. The summed E-state index contributed by atoms with van der Waals surface area (Å²) in [4.78, 5) is 10.3. The molecule has 1 rings (SSSR count). The molecular formula is C11H12N2O5S. The molecule has 0 saturated carbocycles. The fourth-order valence-electron chi connectivity index (χ4n) is 1.18. The normalized spacial score (nSPS) is 10.7. The number of rotatable bonds is 7. The lowest BCUT2D eigenvalue weighted by Gasteiger charge is -2.06. The minimum absolute atomic E-state index is 0.00772. The van der Waals surface area contributed by atoms with Crippen molar-refractivity contribution in [3.8, 4) is 11.8 Å². The quantitative estimate of drug-likeness (QED) is 0.697. The van der Waals surface area contributed by atoms with Gasteiger partial charge in [-0.25, -0.2) is 8.42 Å². The summed E-state index contributed by atoms with van der Waals surface area (Å²) in [5.41, 5.74) is 0. The van der Waals surface area contributed by atoms with Crippen LogP contribution in [0.25, 0.3) is 0 Å². The van der Waals surface area contributed by atoms with Gasteiger partial charge in [-0.3, -0.25) is 4.79 Å². The number of benzene rings is 1. The molecule has 8 heteroatoms. The Bertz CT molecular complexity index is 574. The van der Waals surface area contributed by atoms with Crippen molar-refractivity contribution in [1.29, 1.82) is 5.26 Å². The Labute approximate surface area is 110 Å². The standard InChI is InChI=1S/C11H12N2O5S/c12-6-7-13-19(16,17)10-3-1-9(2-4-10)18-8-5-11(14)15/h1-4,13H,5,7-8H2,(H,14,15). The maximum Gasteiger partial charge on any atom is 0.306 e. The first-order valence-electron chi connectivity index (χ1n) is 5.27. The van der Waals surface area contributed by atoms with Gasteiger partial charge in [-0.2, -0.15) is 9.98 Å². The molecule has 0 aliphatic rings. The van der Waals surface area contributed by atoms with Crippen LogP contribution >= 0.6 is 0 Å². The number of carbonyl (C=O) groups is 1. The van der Waals surface area contributed by atoms with E-state index in [4.69, 9.17) is 15.1 Å². The third-order valence-corrected chi connectivity index (χ3v) is 3.48. The number of nitrogens with zero attached hydrogens (tertiary/aromatic N) is 1. The Balaban J connectivity index is 2.66. The summed E-state index contributed by atoms with van der Waals surface area (Å²) < 4.78 is 30.5. The predicted molar refractivity (Wildman–Crippen MR) is 65.0 cm³/mol. The smallest absolute Gasteiger partial charge is 0.306 e. The largest absolute Gasteiger partial charge is 0.493 e. The molecule has 1 aromatic rings. The van der Waals surface area contributed by atoms with E-state index < -0.39 is 16.0 Å². The zero-order chi connectivity index (χ0) is 14.3. The van der Waals surface area contributed by atoms with Crippen LogP contribution in [0.4, 0.5) is 0 Å². The van der Waals surface area contributed by atoms with Crippen molar-refractivity contribution in [2.24, 2.45) is 0 Å². The van der Waals surface area contributed by atoms with E-state index in [1.807, 2.05) is 0 Å². The van der Waals surface area contributed by atoms with E-state index in [1.54, 1.807) is 6.07 Å². The Morgan fingerprint density at radius 1 is 1.37 bits per heavy atom. The molecule has 0 fully saturated rings. The van der Waals surface area contributed by atoms with Gasteiger partial charge < -0.3 is 9.84 Å². The molecule has 0 heterocycles. The van der Waals surface area contributed by atoms with Crippen molar-refractivity contribution >= 4 is 16.0 Å². The summed E-state index contributed by atoms with van der Waals surface area (Å²) >= 11 is 0. The van der Waals surface area contributed by atoms with Crippen LogP contribution in [0, 0.1) is 11.3 Å². The summed E-state index contributed by atoms with van der Waals surface area (Å²) in [5.74, 6) is -0.597. The third kappa shape index (κ3) is 4.95. The van der Waals surface area contributed by atoms with Crippen LogP contribution in [0.15, 0.2) is 29.2 Å². The van der Waals surface area contributed by atoms with Crippen molar-refractivity contribution in [2.45, 2.75) is 11.3 Å². The van der Waals surface area contributed by atoms with Gasteiger partial charge >= 0.3 is 5.97 Å². The summed E-state index contributed by atoms with van der Waals surface area (Å²) in [6.07, 6.45) is -0.135. The molecule has 1 aromatic carbocycles.